The van der Waals surface area contributed by atoms with Gasteiger partial charge in [0.25, 0.3) is 0 Å². The van der Waals surface area contributed by atoms with Gasteiger partial charge in [0.05, 0.1) is 5.75 Å². The van der Waals surface area contributed by atoms with Crippen molar-refractivity contribution in [1.29, 1.82) is 0 Å². The third kappa shape index (κ3) is 5.63. The summed E-state index contributed by atoms with van der Waals surface area (Å²) in [6, 6.07) is 16.6. The van der Waals surface area contributed by atoms with Crippen molar-refractivity contribution in [1.82, 2.24) is 20.1 Å². The molecule has 0 aliphatic rings. The predicted octanol–water partition coefficient (Wildman–Crippen LogP) is 3.93. The Morgan fingerprint density at radius 2 is 1.83 bits per heavy atom. The maximum absolute atomic E-state index is 12.4. The maximum atomic E-state index is 12.4. The van der Waals surface area contributed by atoms with E-state index in [1.54, 1.807) is 0 Å². The van der Waals surface area contributed by atoms with Crippen LogP contribution in [0.5, 0.6) is 0 Å². The first-order valence-electron chi connectivity index (χ1n) is 10.2. The molecule has 0 aliphatic carbocycles. The van der Waals surface area contributed by atoms with Gasteiger partial charge < -0.3 is 10.2 Å². The minimum Gasteiger partial charge on any atom is -0.370 e. The molecule has 0 saturated heterocycles. The summed E-state index contributed by atoms with van der Waals surface area (Å²) in [6.07, 6.45) is 0. The molecule has 0 atom stereocenters. The molecule has 2 aromatic carbocycles. The van der Waals surface area contributed by atoms with Crippen LogP contribution in [0.15, 0.2) is 53.7 Å². The van der Waals surface area contributed by atoms with E-state index >= 15 is 0 Å². The number of likely N-dealkylation sites (N-methyl/N-ethyl adjacent to an activating group) is 1. The second-order valence-electron chi connectivity index (χ2n) is 7.26. The van der Waals surface area contributed by atoms with Crippen LogP contribution >= 0.6 is 11.8 Å². The lowest BCUT2D eigenvalue weighted by molar-refractivity contribution is -0.118. The molecule has 0 saturated carbocycles. The predicted molar refractivity (Wildman–Crippen MR) is 124 cm³/mol. The SMILES string of the molecule is CCN(CCNC(=O)CSc1nnc(C)n1-c1ccc(C)cc1)c1cccc(C)c1. The zero-order valence-electron chi connectivity index (χ0n) is 18.1. The molecule has 3 aromatic rings. The number of nitrogens with one attached hydrogen (secondary N) is 1. The van der Waals surface area contributed by atoms with Gasteiger partial charge in [-0.05, 0) is 57.5 Å². The van der Waals surface area contributed by atoms with E-state index in [0.717, 1.165) is 29.8 Å². The average molecular weight is 424 g/mol. The van der Waals surface area contributed by atoms with Crippen LogP contribution in [0.1, 0.15) is 23.9 Å². The van der Waals surface area contributed by atoms with Gasteiger partial charge in [-0.3, -0.25) is 9.36 Å². The van der Waals surface area contributed by atoms with Gasteiger partial charge in [-0.1, -0.05) is 41.6 Å². The van der Waals surface area contributed by atoms with Crippen molar-refractivity contribution in [2.24, 2.45) is 0 Å². The van der Waals surface area contributed by atoms with Crippen molar-refractivity contribution in [3.05, 3.63) is 65.5 Å². The number of nitrogens with zero attached hydrogens (tertiary/aromatic N) is 4. The highest BCUT2D eigenvalue weighted by Gasteiger charge is 2.13. The molecule has 30 heavy (non-hydrogen) atoms. The molecule has 158 valence electrons. The molecule has 6 nitrogen and oxygen atoms in total. The summed E-state index contributed by atoms with van der Waals surface area (Å²) >= 11 is 1.40. The Morgan fingerprint density at radius 3 is 2.53 bits per heavy atom. The van der Waals surface area contributed by atoms with Crippen LogP contribution in [0, 0.1) is 20.8 Å². The summed E-state index contributed by atoms with van der Waals surface area (Å²) in [4.78, 5) is 14.6. The lowest BCUT2D eigenvalue weighted by Gasteiger charge is -2.23. The van der Waals surface area contributed by atoms with Crippen molar-refractivity contribution in [2.45, 2.75) is 32.9 Å². The molecule has 0 unspecified atom stereocenters. The monoisotopic (exact) mass is 423 g/mol. The average Bonchev–Trinajstić information content (AvgIpc) is 3.10. The molecule has 1 amide bonds. The van der Waals surface area contributed by atoms with Crippen molar-refractivity contribution in [2.75, 3.05) is 30.3 Å². The Balaban J connectivity index is 1.52. The number of aryl methyl sites for hydroxylation is 3. The highest BCUT2D eigenvalue weighted by atomic mass is 32.2. The van der Waals surface area contributed by atoms with E-state index in [1.165, 1.54) is 28.6 Å². The number of thioether (sulfide) groups is 1. The molecule has 0 radical (unpaired) electrons. The molecule has 0 bridgehead atoms. The molecule has 3 rings (SSSR count). The third-order valence-corrected chi connectivity index (χ3v) is 5.80. The maximum Gasteiger partial charge on any atom is 0.230 e. The Kier molecular flexibility index (Phi) is 7.52. The second-order valence-corrected chi connectivity index (χ2v) is 8.20. The van der Waals surface area contributed by atoms with Crippen LogP contribution in [0.4, 0.5) is 5.69 Å². The lowest BCUT2D eigenvalue weighted by Crippen LogP contribution is -2.35. The van der Waals surface area contributed by atoms with Crippen LogP contribution in [0.2, 0.25) is 0 Å². The minimum absolute atomic E-state index is 0.00333. The van der Waals surface area contributed by atoms with Gasteiger partial charge in [-0.15, -0.1) is 10.2 Å². The van der Waals surface area contributed by atoms with Gasteiger partial charge in [-0.25, -0.2) is 0 Å². The fraction of sp³-hybridized carbons (Fsp3) is 0.348. The second kappa shape index (κ2) is 10.3. The van der Waals surface area contributed by atoms with Gasteiger partial charge in [-0.2, -0.15) is 0 Å². The van der Waals surface area contributed by atoms with Crippen molar-refractivity contribution in [3.63, 3.8) is 0 Å². The van der Waals surface area contributed by atoms with Gasteiger partial charge in [0.1, 0.15) is 5.82 Å². The smallest absolute Gasteiger partial charge is 0.230 e. The van der Waals surface area contributed by atoms with Gasteiger partial charge in [0, 0.05) is 31.0 Å². The molecule has 1 heterocycles. The van der Waals surface area contributed by atoms with Crippen LogP contribution in [-0.2, 0) is 4.79 Å². The number of anilines is 1. The number of aromatic nitrogens is 3. The number of amides is 1. The van der Waals surface area contributed by atoms with Gasteiger partial charge in [0.2, 0.25) is 5.91 Å². The lowest BCUT2D eigenvalue weighted by atomic mass is 10.2. The van der Waals surface area contributed by atoms with Crippen molar-refractivity contribution in [3.8, 4) is 5.69 Å². The molecular weight excluding hydrogens is 394 g/mol. The molecular formula is C23H29N5OS. The molecule has 1 N–H and O–H groups in total. The Hall–Kier alpha value is -2.80. The number of carbonyl (C=O) groups is 1. The van der Waals surface area contributed by atoms with Gasteiger partial charge >= 0.3 is 0 Å². The Labute approximate surface area is 182 Å². The van der Waals surface area contributed by atoms with E-state index in [1.807, 2.05) is 23.6 Å². The fourth-order valence-corrected chi connectivity index (χ4v) is 4.06. The first kappa shape index (κ1) is 21.9. The molecule has 7 heteroatoms. The number of hydrogen-bond donors (Lipinski definition) is 1. The number of carbonyl (C=O) groups excluding carboxylic acids is 1. The van der Waals surface area contributed by atoms with Crippen LogP contribution in [-0.4, -0.2) is 46.1 Å². The summed E-state index contributed by atoms with van der Waals surface area (Å²) in [5.74, 6) is 1.11. The number of benzene rings is 2. The molecule has 0 aliphatic heterocycles. The summed E-state index contributed by atoms with van der Waals surface area (Å²) < 4.78 is 1.98. The van der Waals surface area contributed by atoms with E-state index in [9.17, 15) is 4.79 Å². The Morgan fingerprint density at radius 1 is 1.07 bits per heavy atom. The standard InChI is InChI=1S/C23H29N5OS/c1-5-27(21-8-6-7-18(3)15-21)14-13-24-22(29)16-30-23-26-25-19(4)28(23)20-11-9-17(2)10-12-20/h6-12,15H,5,13-14,16H2,1-4H3,(H,24,29). The third-order valence-electron chi connectivity index (χ3n) is 4.87. The summed E-state index contributed by atoms with van der Waals surface area (Å²) in [5, 5.41) is 12.2. The highest BCUT2D eigenvalue weighted by molar-refractivity contribution is 7.99. The largest absolute Gasteiger partial charge is 0.370 e. The van der Waals surface area contributed by atoms with Gasteiger partial charge in [0.15, 0.2) is 5.16 Å². The zero-order valence-corrected chi connectivity index (χ0v) is 18.9. The van der Waals surface area contributed by atoms with Crippen molar-refractivity contribution >= 4 is 23.4 Å². The quantitative estimate of drug-likeness (QED) is 0.529. The van der Waals surface area contributed by atoms with Crippen LogP contribution in [0.3, 0.4) is 0 Å². The summed E-state index contributed by atoms with van der Waals surface area (Å²) in [6.45, 7) is 10.5. The zero-order chi connectivity index (χ0) is 21.5. The Bertz CT molecular complexity index is 984. The van der Waals surface area contributed by atoms with E-state index in [0.29, 0.717) is 12.3 Å². The number of rotatable bonds is 9. The highest BCUT2D eigenvalue weighted by Crippen LogP contribution is 2.22. The molecule has 0 fully saturated rings. The van der Waals surface area contributed by atoms with Crippen LogP contribution < -0.4 is 10.2 Å². The van der Waals surface area contributed by atoms with E-state index in [4.69, 9.17) is 0 Å². The molecule has 1 aromatic heterocycles. The summed E-state index contributed by atoms with van der Waals surface area (Å²) in [5.41, 5.74) is 4.62. The topological polar surface area (TPSA) is 63.1 Å². The van der Waals surface area contributed by atoms with E-state index < -0.39 is 0 Å². The first-order valence-corrected chi connectivity index (χ1v) is 11.2. The molecule has 0 spiro atoms. The first-order chi connectivity index (χ1) is 14.5. The van der Waals surface area contributed by atoms with E-state index in [-0.39, 0.29) is 5.91 Å². The van der Waals surface area contributed by atoms with E-state index in [2.05, 4.69) is 77.6 Å². The van der Waals surface area contributed by atoms with Crippen LogP contribution in [0.25, 0.3) is 5.69 Å². The number of hydrogen-bond acceptors (Lipinski definition) is 5. The van der Waals surface area contributed by atoms with Crippen molar-refractivity contribution < 1.29 is 4.79 Å². The fourth-order valence-electron chi connectivity index (χ4n) is 3.23. The minimum atomic E-state index is -0.00333. The normalized spacial score (nSPS) is 10.8. The summed E-state index contributed by atoms with van der Waals surface area (Å²) in [7, 11) is 0.